The number of hydrogen-bond acceptors (Lipinski definition) is 2. The number of benzene rings is 1. The molecule has 0 bridgehead atoms. The maximum Gasteiger partial charge on any atom is 0.142 e. The molecule has 1 aliphatic heterocycles. The van der Waals surface area contributed by atoms with Crippen molar-refractivity contribution in [1.82, 2.24) is 4.90 Å². The van der Waals surface area contributed by atoms with Crippen molar-refractivity contribution in [3.8, 4) is 0 Å². The Morgan fingerprint density at radius 3 is 2.60 bits per heavy atom. The quantitative estimate of drug-likeness (QED) is 0.844. The lowest BCUT2D eigenvalue weighted by Crippen LogP contribution is -2.49. The molecule has 2 N–H and O–H groups in total. The second-order valence-corrected chi connectivity index (χ2v) is 7.05. The minimum atomic E-state index is -0.366. The van der Waals surface area contributed by atoms with E-state index in [2.05, 4.69) is 25.7 Å². The molecule has 0 aromatic heterocycles. The molecule has 1 saturated heterocycles. The first-order valence-electron chi connectivity index (χ1n) is 7.28. The summed E-state index contributed by atoms with van der Waals surface area (Å²) in [4.78, 5) is 2.40. The Labute approximate surface area is 126 Å². The smallest absolute Gasteiger partial charge is 0.142 e. The van der Waals surface area contributed by atoms with Gasteiger partial charge < -0.3 is 5.73 Å². The summed E-state index contributed by atoms with van der Waals surface area (Å²) in [6.07, 6.45) is 3.24. The molecule has 1 aliphatic rings. The lowest BCUT2D eigenvalue weighted by atomic mass is 9.92. The van der Waals surface area contributed by atoms with E-state index in [0.29, 0.717) is 0 Å². The van der Waals surface area contributed by atoms with Crippen LogP contribution >= 0.6 is 11.6 Å². The molecule has 2 atom stereocenters. The van der Waals surface area contributed by atoms with Gasteiger partial charge in [0.25, 0.3) is 0 Å². The number of nitrogens with two attached hydrogens (primary N) is 1. The van der Waals surface area contributed by atoms with Crippen LogP contribution in [0.1, 0.15) is 51.6 Å². The minimum absolute atomic E-state index is 0.00272. The molecule has 2 rings (SSSR count). The van der Waals surface area contributed by atoms with E-state index in [0.717, 1.165) is 31.4 Å². The molecule has 4 heteroatoms. The zero-order valence-corrected chi connectivity index (χ0v) is 13.3. The van der Waals surface area contributed by atoms with Crippen molar-refractivity contribution in [3.63, 3.8) is 0 Å². The summed E-state index contributed by atoms with van der Waals surface area (Å²) in [7, 11) is 0. The van der Waals surface area contributed by atoms with E-state index in [4.69, 9.17) is 17.3 Å². The fourth-order valence-corrected chi connectivity index (χ4v) is 3.18. The normalized spacial score (nSPS) is 25.5. The third-order valence-corrected chi connectivity index (χ3v) is 4.38. The highest BCUT2D eigenvalue weighted by atomic mass is 35.5. The standard InChI is InChI=1S/C16H24ClFN2/c1-16(2,3)20-9-5-4-6-14(19)15(20)11-7-8-12(17)13(18)10-11/h7-8,10,14-15H,4-6,9,19H2,1-3H3. The van der Waals surface area contributed by atoms with E-state index in [1.807, 2.05) is 6.07 Å². The maximum absolute atomic E-state index is 13.8. The van der Waals surface area contributed by atoms with Crippen LogP contribution in [0.15, 0.2) is 18.2 Å². The SMILES string of the molecule is CC(C)(C)N1CCCCC(N)C1c1ccc(Cl)c(F)c1. The Kier molecular flexibility index (Phi) is 4.73. The van der Waals surface area contributed by atoms with Gasteiger partial charge in [-0.05, 0) is 57.9 Å². The number of rotatable bonds is 1. The zero-order valence-electron chi connectivity index (χ0n) is 12.5. The van der Waals surface area contributed by atoms with Gasteiger partial charge in [0.2, 0.25) is 0 Å². The Hall–Kier alpha value is -0.640. The number of likely N-dealkylation sites (tertiary alicyclic amines) is 1. The molecular formula is C16H24ClFN2. The molecule has 112 valence electrons. The molecule has 20 heavy (non-hydrogen) atoms. The molecule has 0 saturated carbocycles. The van der Waals surface area contributed by atoms with E-state index >= 15 is 0 Å². The van der Waals surface area contributed by atoms with Crippen LogP contribution < -0.4 is 5.73 Å². The first kappa shape index (κ1) is 15.7. The number of halogens is 2. The van der Waals surface area contributed by atoms with Crippen LogP contribution in [0.3, 0.4) is 0 Å². The van der Waals surface area contributed by atoms with Gasteiger partial charge in [0.1, 0.15) is 5.82 Å². The highest BCUT2D eigenvalue weighted by Crippen LogP contribution is 2.35. The highest BCUT2D eigenvalue weighted by molar-refractivity contribution is 6.30. The fraction of sp³-hybridized carbons (Fsp3) is 0.625. The predicted octanol–water partition coefficient (Wildman–Crippen LogP) is 4.13. The second-order valence-electron chi connectivity index (χ2n) is 6.64. The topological polar surface area (TPSA) is 29.3 Å². The summed E-state index contributed by atoms with van der Waals surface area (Å²) in [6, 6.07) is 5.14. The molecule has 1 aromatic carbocycles. The van der Waals surface area contributed by atoms with E-state index in [-0.39, 0.29) is 28.5 Å². The summed E-state index contributed by atoms with van der Waals surface area (Å²) >= 11 is 5.79. The van der Waals surface area contributed by atoms with Crippen molar-refractivity contribution < 1.29 is 4.39 Å². The van der Waals surface area contributed by atoms with E-state index < -0.39 is 0 Å². The lowest BCUT2D eigenvalue weighted by Gasteiger charge is -2.43. The largest absolute Gasteiger partial charge is 0.326 e. The molecule has 2 nitrogen and oxygen atoms in total. The van der Waals surface area contributed by atoms with Crippen LogP contribution in [0.2, 0.25) is 5.02 Å². The third-order valence-electron chi connectivity index (χ3n) is 4.07. The molecule has 0 radical (unpaired) electrons. The van der Waals surface area contributed by atoms with Gasteiger partial charge in [-0.1, -0.05) is 24.1 Å². The van der Waals surface area contributed by atoms with Crippen LogP contribution in [0.25, 0.3) is 0 Å². The van der Waals surface area contributed by atoms with Crippen molar-refractivity contribution >= 4 is 11.6 Å². The minimum Gasteiger partial charge on any atom is -0.326 e. The van der Waals surface area contributed by atoms with Crippen LogP contribution in [0, 0.1) is 5.82 Å². The summed E-state index contributed by atoms with van der Waals surface area (Å²) < 4.78 is 13.8. The Morgan fingerprint density at radius 1 is 1.30 bits per heavy atom. The van der Waals surface area contributed by atoms with E-state index in [9.17, 15) is 4.39 Å². The predicted molar refractivity (Wildman–Crippen MR) is 82.4 cm³/mol. The highest BCUT2D eigenvalue weighted by Gasteiger charge is 2.35. The Balaban J connectivity index is 2.42. The number of nitrogens with zero attached hydrogens (tertiary/aromatic N) is 1. The van der Waals surface area contributed by atoms with Crippen LogP contribution in [-0.4, -0.2) is 23.0 Å². The Bertz CT molecular complexity index is 470. The lowest BCUT2D eigenvalue weighted by molar-refractivity contribution is 0.0754. The number of hydrogen-bond donors (Lipinski definition) is 1. The third kappa shape index (κ3) is 3.33. The average Bonchev–Trinajstić information content (AvgIpc) is 2.54. The van der Waals surface area contributed by atoms with Gasteiger partial charge >= 0.3 is 0 Å². The molecular weight excluding hydrogens is 275 g/mol. The monoisotopic (exact) mass is 298 g/mol. The molecule has 0 amide bonds. The summed E-state index contributed by atoms with van der Waals surface area (Å²) in [6.45, 7) is 7.55. The first-order chi connectivity index (χ1) is 9.30. The van der Waals surface area contributed by atoms with Crippen LogP contribution in [-0.2, 0) is 0 Å². The summed E-state index contributed by atoms with van der Waals surface area (Å²) in [5.41, 5.74) is 7.32. The van der Waals surface area contributed by atoms with Crippen LogP contribution in [0.5, 0.6) is 0 Å². The van der Waals surface area contributed by atoms with Gasteiger partial charge in [0.05, 0.1) is 11.1 Å². The second kappa shape index (κ2) is 6.00. The molecule has 1 aromatic rings. The van der Waals surface area contributed by atoms with Crippen molar-refractivity contribution in [2.45, 2.75) is 57.7 Å². The summed E-state index contributed by atoms with van der Waals surface area (Å²) in [5.74, 6) is -0.366. The average molecular weight is 299 g/mol. The molecule has 2 unspecified atom stereocenters. The maximum atomic E-state index is 13.8. The molecule has 1 fully saturated rings. The molecule has 1 heterocycles. The van der Waals surface area contributed by atoms with Gasteiger partial charge in [0, 0.05) is 11.6 Å². The summed E-state index contributed by atoms with van der Waals surface area (Å²) in [5, 5.41) is 0.165. The van der Waals surface area contributed by atoms with Gasteiger partial charge in [-0.2, -0.15) is 0 Å². The zero-order chi connectivity index (χ0) is 14.9. The molecule has 0 spiro atoms. The van der Waals surface area contributed by atoms with Gasteiger partial charge in [-0.3, -0.25) is 4.90 Å². The molecule has 0 aliphatic carbocycles. The van der Waals surface area contributed by atoms with Crippen molar-refractivity contribution in [2.75, 3.05) is 6.54 Å². The van der Waals surface area contributed by atoms with Gasteiger partial charge in [-0.25, -0.2) is 4.39 Å². The van der Waals surface area contributed by atoms with Crippen LogP contribution in [0.4, 0.5) is 4.39 Å². The van der Waals surface area contributed by atoms with E-state index in [1.165, 1.54) is 6.07 Å². The fourth-order valence-electron chi connectivity index (χ4n) is 3.07. The van der Waals surface area contributed by atoms with Crippen molar-refractivity contribution in [2.24, 2.45) is 5.73 Å². The first-order valence-corrected chi connectivity index (χ1v) is 7.66. The Morgan fingerprint density at radius 2 is 2.00 bits per heavy atom. The van der Waals surface area contributed by atoms with Gasteiger partial charge in [0.15, 0.2) is 0 Å². The van der Waals surface area contributed by atoms with Crippen molar-refractivity contribution in [1.29, 1.82) is 0 Å². The van der Waals surface area contributed by atoms with Crippen molar-refractivity contribution in [3.05, 3.63) is 34.6 Å². The van der Waals surface area contributed by atoms with Gasteiger partial charge in [-0.15, -0.1) is 0 Å². The van der Waals surface area contributed by atoms with E-state index in [1.54, 1.807) is 6.07 Å².